The number of anilines is 1. The van der Waals surface area contributed by atoms with Gasteiger partial charge in [0.2, 0.25) is 0 Å². The Morgan fingerprint density at radius 3 is 3.00 bits per heavy atom. The number of fused-ring (bicyclic) bond motifs is 1. The molecule has 3 rings (SSSR count). The molecule has 0 saturated carbocycles. The van der Waals surface area contributed by atoms with Crippen LogP contribution in [0, 0.1) is 5.92 Å². The number of hydrogen-bond acceptors (Lipinski definition) is 4. The summed E-state index contributed by atoms with van der Waals surface area (Å²) in [5.74, 6) is 0.655. The van der Waals surface area contributed by atoms with Crippen molar-refractivity contribution in [1.82, 2.24) is 4.98 Å². The Bertz CT molecular complexity index is 616. The summed E-state index contributed by atoms with van der Waals surface area (Å²) < 4.78 is 0. The predicted octanol–water partition coefficient (Wildman–Crippen LogP) is 3.77. The number of pyridine rings is 1. The van der Waals surface area contributed by atoms with Crippen LogP contribution < -0.4 is 5.32 Å². The average molecular weight is 271 g/mol. The summed E-state index contributed by atoms with van der Waals surface area (Å²) in [6.45, 7) is 5.41. The van der Waals surface area contributed by atoms with E-state index in [0.717, 1.165) is 22.8 Å². The molecule has 2 heterocycles. The van der Waals surface area contributed by atoms with Crippen molar-refractivity contribution >= 4 is 33.4 Å². The number of nitrogens with one attached hydrogen (secondary N) is 1. The number of aromatic nitrogens is 1. The molecule has 0 amide bonds. The monoisotopic (exact) mass is 271 g/mol. The Labute approximate surface area is 117 Å². The van der Waals surface area contributed by atoms with E-state index in [9.17, 15) is 0 Å². The fourth-order valence-corrected chi connectivity index (χ4v) is 3.17. The molecule has 0 aliphatic carbocycles. The highest BCUT2D eigenvalue weighted by Gasteiger charge is 2.22. The Balaban J connectivity index is 1.83. The second-order valence-corrected chi connectivity index (χ2v) is 6.30. The van der Waals surface area contributed by atoms with Gasteiger partial charge in [0.15, 0.2) is 5.17 Å². The molecule has 0 saturated heterocycles. The smallest absolute Gasteiger partial charge is 0.161 e. The molecule has 1 aliphatic rings. The van der Waals surface area contributed by atoms with Gasteiger partial charge in [0.05, 0.1) is 6.54 Å². The van der Waals surface area contributed by atoms with Gasteiger partial charge >= 0.3 is 0 Å². The van der Waals surface area contributed by atoms with Crippen LogP contribution in [-0.2, 0) is 0 Å². The van der Waals surface area contributed by atoms with E-state index in [1.807, 2.05) is 30.2 Å². The van der Waals surface area contributed by atoms with Crippen LogP contribution in [0.15, 0.2) is 41.7 Å². The number of benzene rings is 1. The molecule has 1 aromatic carbocycles. The number of amidine groups is 1. The van der Waals surface area contributed by atoms with Gasteiger partial charge in [-0.2, -0.15) is 0 Å². The van der Waals surface area contributed by atoms with Gasteiger partial charge in [0.1, 0.15) is 0 Å². The van der Waals surface area contributed by atoms with Crippen molar-refractivity contribution in [3.8, 4) is 0 Å². The van der Waals surface area contributed by atoms with Crippen molar-refractivity contribution in [2.24, 2.45) is 10.9 Å². The van der Waals surface area contributed by atoms with Gasteiger partial charge in [-0.05, 0) is 23.4 Å². The first kappa shape index (κ1) is 12.5. The maximum atomic E-state index is 4.59. The van der Waals surface area contributed by atoms with Crippen molar-refractivity contribution in [2.75, 3.05) is 11.9 Å². The lowest BCUT2D eigenvalue weighted by Gasteiger charge is -2.13. The first-order valence-electron chi connectivity index (χ1n) is 6.55. The van der Waals surface area contributed by atoms with Gasteiger partial charge in [-0.3, -0.25) is 9.98 Å². The third kappa shape index (κ3) is 2.59. The lowest BCUT2D eigenvalue weighted by atomic mass is 10.1. The van der Waals surface area contributed by atoms with Crippen molar-refractivity contribution in [3.63, 3.8) is 0 Å². The van der Waals surface area contributed by atoms with E-state index < -0.39 is 0 Å². The molecule has 1 unspecified atom stereocenters. The third-order valence-electron chi connectivity index (χ3n) is 3.35. The molecule has 1 aromatic heterocycles. The number of aliphatic imine (C=N–C) groups is 1. The number of thioether (sulfide) groups is 1. The topological polar surface area (TPSA) is 37.3 Å². The standard InChI is InChI=1S/C15H17N3S/c1-10(2)14-9-17-15(19-14)18-13-5-3-4-11-6-7-16-8-12(11)13/h3-8,10,14H,9H2,1-2H3,(H,17,18). The average Bonchev–Trinajstić information content (AvgIpc) is 2.88. The van der Waals surface area contributed by atoms with E-state index in [1.54, 1.807) is 0 Å². The Morgan fingerprint density at radius 2 is 2.21 bits per heavy atom. The normalized spacial score (nSPS) is 18.9. The Kier molecular flexibility index (Phi) is 3.42. The Hall–Kier alpha value is -1.55. The number of nitrogens with zero attached hydrogens (tertiary/aromatic N) is 2. The summed E-state index contributed by atoms with van der Waals surface area (Å²) in [4.78, 5) is 8.79. The molecule has 1 aliphatic heterocycles. The molecule has 19 heavy (non-hydrogen) atoms. The van der Waals surface area contributed by atoms with E-state index in [4.69, 9.17) is 0 Å². The van der Waals surface area contributed by atoms with Gasteiger partial charge in [-0.25, -0.2) is 0 Å². The highest BCUT2D eigenvalue weighted by molar-refractivity contribution is 8.15. The lowest BCUT2D eigenvalue weighted by molar-refractivity contribution is 0.621. The quantitative estimate of drug-likeness (QED) is 0.903. The fourth-order valence-electron chi connectivity index (χ4n) is 2.14. The van der Waals surface area contributed by atoms with Crippen LogP contribution >= 0.6 is 11.8 Å². The number of rotatable bonds is 2. The molecule has 0 fully saturated rings. The summed E-state index contributed by atoms with van der Waals surface area (Å²) in [5.41, 5.74) is 1.08. The molecular weight excluding hydrogens is 254 g/mol. The zero-order valence-electron chi connectivity index (χ0n) is 11.1. The van der Waals surface area contributed by atoms with Gasteiger partial charge in [0.25, 0.3) is 0 Å². The van der Waals surface area contributed by atoms with Gasteiger partial charge in [-0.1, -0.05) is 37.7 Å². The predicted molar refractivity (Wildman–Crippen MR) is 83.9 cm³/mol. The first-order valence-corrected chi connectivity index (χ1v) is 7.43. The highest BCUT2D eigenvalue weighted by atomic mass is 32.2. The summed E-state index contributed by atoms with van der Waals surface area (Å²) in [7, 11) is 0. The van der Waals surface area contributed by atoms with Crippen LogP contribution in [0.2, 0.25) is 0 Å². The van der Waals surface area contributed by atoms with Gasteiger partial charge in [0, 0.05) is 28.7 Å². The van der Waals surface area contributed by atoms with Crippen molar-refractivity contribution in [1.29, 1.82) is 0 Å². The van der Waals surface area contributed by atoms with Gasteiger partial charge in [-0.15, -0.1) is 0 Å². The van der Waals surface area contributed by atoms with Crippen molar-refractivity contribution in [2.45, 2.75) is 19.1 Å². The van der Waals surface area contributed by atoms with Gasteiger partial charge < -0.3 is 5.32 Å². The van der Waals surface area contributed by atoms with Crippen molar-refractivity contribution < 1.29 is 0 Å². The van der Waals surface area contributed by atoms with E-state index in [-0.39, 0.29) is 0 Å². The largest absolute Gasteiger partial charge is 0.334 e. The zero-order valence-corrected chi connectivity index (χ0v) is 11.9. The van der Waals surface area contributed by atoms with Crippen LogP contribution in [0.25, 0.3) is 10.8 Å². The second kappa shape index (κ2) is 5.21. The fraction of sp³-hybridized carbons (Fsp3) is 0.333. The molecule has 0 radical (unpaired) electrons. The van der Waals surface area contributed by atoms with E-state index in [0.29, 0.717) is 11.2 Å². The van der Waals surface area contributed by atoms with E-state index in [2.05, 4.69) is 47.3 Å². The molecule has 0 bridgehead atoms. The van der Waals surface area contributed by atoms with E-state index >= 15 is 0 Å². The van der Waals surface area contributed by atoms with Crippen LogP contribution in [-0.4, -0.2) is 21.9 Å². The SMILES string of the molecule is CC(C)C1CN=C(Nc2cccc3ccncc23)S1. The minimum Gasteiger partial charge on any atom is -0.334 e. The first-order chi connectivity index (χ1) is 9.24. The molecule has 1 N–H and O–H groups in total. The van der Waals surface area contributed by atoms with E-state index in [1.165, 1.54) is 5.39 Å². The van der Waals surface area contributed by atoms with Crippen molar-refractivity contribution in [3.05, 3.63) is 36.7 Å². The second-order valence-electron chi connectivity index (χ2n) is 5.07. The van der Waals surface area contributed by atoms with Crippen LogP contribution in [0.5, 0.6) is 0 Å². The molecule has 3 nitrogen and oxygen atoms in total. The lowest BCUT2D eigenvalue weighted by Crippen LogP contribution is -2.13. The minimum atomic E-state index is 0.593. The molecule has 2 aromatic rings. The molecule has 0 spiro atoms. The summed E-state index contributed by atoms with van der Waals surface area (Å²) >= 11 is 1.84. The molecule has 4 heteroatoms. The highest BCUT2D eigenvalue weighted by Crippen LogP contribution is 2.29. The summed E-state index contributed by atoms with van der Waals surface area (Å²) in [6.07, 6.45) is 3.72. The maximum Gasteiger partial charge on any atom is 0.161 e. The molecular formula is C15H17N3S. The van der Waals surface area contributed by atoms with Crippen LogP contribution in [0.3, 0.4) is 0 Å². The minimum absolute atomic E-state index is 0.593. The number of hydrogen-bond donors (Lipinski definition) is 1. The maximum absolute atomic E-state index is 4.59. The van der Waals surface area contributed by atoms with Crippen LogP contribution in [0.1, 0.15) is 13.8 Å². The summed E-state index contributed by atoms with van der Waals surface area (Å²) in [5, 5.41) is 7.40. The van der Waals surface area contributed by atoms with Crippen LogP contribution in [0.4, 0.5) is 5.69 Å². The Morgan fingerprint density at radius 1 is 1.32 bits per heavy atom. The molecule has 98 valence electrons. The zero-order chi connectivity index (χ0) is 13.2. The molecule has 1 atom stereocenters. The summed E-state index contributed by atoms with van der Waals surface area (Å²) in [6, 6.07) is 8.27. The third-order valence-corrected chi connectivity index (χ3v) is 4.80.